The van der Waals surface area contributed by atoms with Crippen LogP contribution in [0.3, 0.4) is 0 Å². The van der Waals surface area contributed by atoms with Gasteiger partial charge >= 0.3 is 0 Å². The van der Waals surface area contributed by atoms with Crippen LogP contribution in [0.1, 0.15) is 24.3 Å². The first-order valence-corrected chi connectivity index (χ1v) is 12.6. The Morgan fingerprint density at radius 1 is 1.13 bits per heavy atom. The van der Waals surface area contributed by atoms with Crippen molar-refractivity contribution < 1.29 is 18.8 Å². The van der Waals surface area contributed by atoms with Crippen LogP contribution in [0, 0.1) is 15.9 Å². The maximum absolute atomic E-state index is 13.7. The number of nitrogens with zero attached hydrogens (tertiary/aromatic N) is 4. The molecule has 3 aromatic carbocycles. The molecular formula is C27H23BrFN5O4. The Labute approximate surface area is 225 Å². The first-order chi connectivity index (χ1) is 18.2. The largest absolute Gasteiger partial charge is 0.393 e. The molecule has 1 aliphatic heterocycles. The summed E-state index contributed by atoms with van der Waals surface area (Å²) in [5.41, 5.74) is 8.95. The second kappa shape index (κ2) is 10.3. The van der Waals surface area contributed by atoms with Gasteiger partial charge in [-0.05, 0) is 73.5 Å². The molecule has 1 saturated heterocycles. The molecule has 0 spiro atoms. The summed E-state index contributed by atoms with van der Waals surface area (Å²) in [7, 11) is 0. The van der Waals surface area contributed by atoms with Crippen LogP contribution >= 0.6 is 15.9 Å². The van der Waals surface area contributed by atoms with Crippen LogP contribution in [0.25, 0.3) is 16.9 Å². The van der Waals surface area contributed by atoms with Gasteiger partial charge in [0.1, 0.15) is 23.3 Å². The highest BCUT2D eigenvalue weighted by Gasteiger charge is 2.40. The summed E-state index contributed by atoms with van der Waals surface area (Å²) >= 11 is 3.44. The fourth-order valence-electron chi connectivity index (χ4n) is 4.42. The average molecular weight is 580 g/mol. The van der Waals surface area contributed by atoms with E-state index in [1.165, 1.54) is 24.3 Å². The van der Waals surface area contributed by atoms with Gasteiger partial charge in [-0.2, -0.15) is 5.10 Å². The minimum absolute atomic E-state index is 0.0788. The number of aromatic nitrogens is 2. The number of nitrogens with two attached hydrogens (primary N) is 1. The monoisotopic (exact) mass is 579 g/mol. The van der Waals surface area contributed by atoms with E-state index in [0.717, 1.165) is 10.2 Å². The van der Waals surface area contributed by atoms with Gasteiger partial charge in [-0.3, -0.25) is 14.9 Å². The van der Waals surface area contributed by atoms with Gasteiger partial charge in [-0.1, -0.05) is 22.0 Å². The molecule has 2 heterocycles. The molecule has 2 N–H and O–H groups in total. The number of nitrogen functional groups attached to an aromatic ring is 1. The summed E-state index contributed by atoms with van der Waals surface area (Å²) in [5, 5.41) is 16.1. The number of benzene rings is 3. The number of nitro groups is 1. The molecule has 1 aromatic heterocycles. The number of hydrogen-bond acceptors (Lipinski definition) is 6. The van der Waals surface area contributed by atoms with Crippen molar-refractivity contribution in [1.29, 1.82) is 0 Å². The van der Waals surface area contributed by atoms with E-state index in [1.807, 2.05) is 24.3 Å². The van der Waals surface area contributed by atoms with Gasteiger partial charge in [0.2, 0.25) is 0 Å². The second-order valence-electron chi connectivity index (χ2n) is 8.92. The van der Waals surface area contributed by atoms with Gasteiger partial charge in [-0.15, -0.1) is 0 Å². The lowest BCUT2D eigenvalue weighted by molar-refractivity contribution is -0.384. The van der Waals surface area contributed by atoms with Gasteiger partial charge in [0, 0.05) is 34.4 Å². The van der Waals surface area contributed by atoms with E-state index in [9.17, 15) is 19.3 Å². The summed E-state index contributed by atoms with van der Waals surface area (Å²) in [5.74, 6) is -0.579. The summed E-state index contributed by atoms with van der Waals surface area (Å²) in [4.78, 5) is 25.5. The third-order valence-electron chi connectivity index (χ3n) is 6.40. The first kappa shape index (κ1) is 25.6. The van der Waals surface area contributed by atoms with Crippen LogP contribution < -0.4 is 5.73 Å². The van der Waals surface area contributed by atoms with Crippen molar-refractivity contribution in [3.8, 4) is 16.9 Å². The normalized spacial score (nSPS) is 17.2. The van der Waals surface area contributed by atoms with Crippen LogP contribution in [0.5, 0.6) is 0 Å². The van der Waals surface area contributed by atoms with Crippen molar-refractivity contribution >= 4 is 33.2 Å². The smallest absolute Gasteiger partial charge is 0.292 e. The van der Waals surface area contributed by atoms with Crippen LogP contribution in [0.4, 0.5) is 15.8 Å². The number of anilines is 1. The van der Waals surface area contributed by atoms with Gasteiger partial charge in [0.15, 0.2) is 6.23 Å². The Balaban J connectivity index is 1.51. The van der Waals surface area contributed by atoms with Crippen molar-refractivity contribution in [3.05, 3.63) is 104 Å². The molecule has 0 bridgehead atoms. The summed E-state index contributed by atoms with van der Waals surface area (Å²) < 4.78 is 22.4. The lowest BCUT2D eigenvalue weighted by Crippen LogP contribution is -2.32. The molecule has 9 nitrogen and oxygen atoms in total. The molecule has 1 amide bonds. The van der Waals surface area contributed by atoms with Crippen LogP contribution in [-0.4, -0.2) is 38.2 Å². The third-order valence-corrected chi connectivity index (χ3v) is 6.93. The molecule has 5 rings (SSSR count). The highest BCUT2D eigenvalue weighted by Crippen LogP contribution is 2.37. The molecule has 0 saturated carbocycles. The van der Waals surface area contributed by atoms with Crippen molar-refractivity contribution in [2.45, 2.75) is 25.7 Å². The zero-order valence-electron chi connectivity index (χ0n) is 20.3. The summed E-state index contributed by atoms with van der Waals surface area (Å²) in [6.45, 7) is 1.93. The molecule has 0 radical (unpaired) electrons. The first-order valence-electron chi connectivity index (χ1n) is 11.8. The van der Waals surface area contributed by atoms with Gasteiger partial charge < -0.3 is 15.4 Å². The molecule has 1 aliphatic rings. The van der Waals surface area contributed by atoms with E-state index in [2.05, 4.69) is 15.9 Å². The highest BCUT2D eigenvalue weighted by molar-refractivity contribution is 9.10. The van der Waals surface area contributed by atoms with Crippen molar-refractivity contribution in [2.75, 3.05) is 12.3 Å². The molecular weight excluding hydrogens is 557 g/mol. The predicted molar refractivity (Wildman–Crippen MR) is 143 cm³/mol. The number of carbonyl (C=O) groups is 1. The SMILES string of the molecule is CC1OC(c2cn(-c3ccc(Br)cc3)nc2-c2ccc(F)cc2)N(CCc2ccc(N)c([N+](=O)[O-])c2)C1=O. The Kier molecular flexibility index (Phi) is 6.96. The molecule has 0 aliphatic carbocycles. The van der Waals surface area contributed by atoms with E-state index in [4.69, 9.17) is 15.6 Å². The molecule has 4 aromatic rings. The van der Waals surface area contributed by atoms with Crippen molar-refractivity contribution in [1.82, 2.24) is 14.7 Å². The minimum atomic E-state index is -0.759. The quantitative estimate of drug-likeness (QED) is 0.177. The zero-order valence-corrected chi connectivity index (χ0v) is 21.8. The number of nitro benzene ring substituents is 1. The summed E-state index contributed by atoms with van der Waals surface area (Å²) in [6, 6.07) is 18.2. The highest BCUT2D eigenvalue weighted by atomic mass is 79.9. The van der Waals surface area contributed by atoms with E-state index in [1.54, 1.807) is 40.9 Å². The lowest BCUT2D eigenvalue weighted by Gasteiger charge is -2.23. The Morgan fingerprint density at radius 2 is 1.84 bits per heavy atom. The number of ether oxygens (including phenoxy) is 1. The molecule has 11 heteroatoms. The molecule has 2 atom stereocenters. The van der Waals surface area contributed by atoms with E-state index >= 15 is 0 Å². The van der Waals surface area contributed by atoms with E-state index in [0.29, 0.717) is 28.8 Å². The fraction of sp³-hybridized carbons (Fsp3) is 0.185. The second-order valence-corrected chi connectivity index (χ2v) is 9.84. The Bertz CT molecular complexity index is 1510. The number of hydrogen-bond donors (Lipinski definition) is 1. The Morgan fingerprint density at radius 3 is 2.53 bits per heavy atom. The van der Waals surface area contributed by atoms with Crippen molar-refractivity contribution in [3.63, 3.8) is 0 Å². The standard InChI is InChI=1S/C27H23BrFN5O4/c1-16-26(35)32(13-12-17-2-11-23(30)24(14-17)34(36)37)27(38-16)22-15-33(21-9-5-19(28)6-10-21)31-25(22)18-3-7-20(29)8-4-18/h2-11,14-16,27H,12-13,30H2,1H3. The third kappa shape index (κ3) is 5.02. The number of amides is 1. The topological polar surface area (TPSA) is 117 Å². The van der Waals surface area contributed by atoms with Crippen molar-refractivity contribution in [2.24, 2.45) is 0 Å². The van der Waals surface area contributed by atoms with Gasteiger partial charge in [0.05, 0.1) is 10.6 Å². The molecule has 1 fully saturated rings. The molecule has 38 heavy (non-hydrogen) atoms. The molecule has 2 unspecified atom stereocenters. The minimum Gasteiger partial charge on any atom is -0.393 e. The van der Waals surface area contributed by atoms with Gasteiger partial charge in [0.25, 0.3) is 11.6 Å². The predicted octanol–water partition coefficient (Wildman–Crippen LogP) is 5.42. The van der Waals surface area contributed by atoms with Gasteiger partial charge in [-0.25, -0.2) is 9.07 Å². The number of carbonyl (C=O) groups excluding carboxylic acids is 1. The summed E-state index contributed by atoms with van der Waals surface area (Å²) in [6.07, 6.45) is 0.703. The van der Waals surface area contributed by atoms with Crippen LogP contribution in [0.2, 0.25) is 0 Å². The number of halogens is 2. The fourth-order valence-corrected chi connectivity index (χ4v) is 4.69. The van der Waals surface area contributed by atoms with E-state index in [-0.39, 0.29) is 29.6 Å². The zero-order chi connectivity index (χ0) is 27.0. The van der Waals surface area contributed by atoms with Crippen LogP contribution in [0.15, 0.2) is 77.4 Å². The average Bonchev–Trinajstić information content (AvgIpc) is 3.45. The number of rotatable bonds is 7. The lowest BCUT2D eigenvalue weighted by atomic mass is 10.1. The van der Waals surface area contributed by atoms with Crippen LogP contribution in [-0.2, 0) is 16.0 Å². The van der Waals surface area contributed by atoms with E-state index < -0.39 is 17.3 Å². The Hall–Kier alpha value is -4.09. The maximum atomic E-state index is 13.7. The molecule has 194 valence electrons. The maximum Gasteiger partial charge on any atom is 0.292 e.